The Labute approximate surface area is 150 Å². The van der Waals surface area contributed by atoms with Gasteiger partial charge in [-0.2, -0.15) is 0 Å². The van der Waals surface area contributed by atoms with Crippen LogP contribution in [0.2, 0.25) is 10.0 Å². The van der Waals surface area contributed by atoms with Crippen LogP contribution in [-0.2, 0) is 0 Å². The van der Waals surface area contributed by atoms with Gasteiger partial charge in [0.1, 0.15) is 0 Å². The van der Waals surface area contributed by atoms with Crippen LogP contribution >= 0.6 is 35.0 Å². The Hall–Kier alpha value is -1.42. The van der Waals surface area contributed by atoms with E-state index in [9.17, 15) is 0 Å². The van der Waals surface area contributed by atoms with Crippen molar-refractivity contribution in [2.24, 2.45) is 0 Å². The Balaban J connectivity index is 2.17. The van der Waals surface area contributed by atoms with Crippen molar-refractivity contribution in [1.82, 2.24) is 9.55 Å². The first-order valence-electron chi connectivity index (χ1n) is 7.31. The van der Waals surface area contributed by atoms with Gasteiger partial charge in [0.05, 0.1) is 21.9 Å². The molecule has 0 saturated heterocycles. The number of hydrogen-bond acceptors (Lipinski definition) is 2. The molecule has 0 aliphatic carbocycles. The van der Waals surface area contributed by atoms with E-state index in [1.807, 2.05) is 42.6 Å². The van der Waals surface area contributed by atoms with Gasteiger partial charge in [-0.3, -0.25) is 4.57 Å². The maximum absolute atomic E-state index is 6.19. The first kappa shape index (κ1) is 16.4. The van der Waals surface area contributed by atoms with Crippen molar-refractivity contribution >= 4 is 35.0 Å². The highest BCUT2D eigenvalue weighted by Crippen LogP contribution is 2.34. The maximum Gasteiger partial charge on any atom is 0.173 e. The Morgan fingerprint density at radius 2 is 1.74 bits per heavy atom. The van der Waals surface area contributed by atoms with Crippen molar-refractivity contribution in [3.8, 4) is 16.9 Å². The van der Waals surface area contributed by atoms with Crippen molar-refractivity contribution < 1.29 is 0 Å². The number of aromatic nitrogens is 2. The molecule has 1 aromatic heterocycles. The molecule has 1 heterocycles. The largest absolute Gasteiger partial charge is 0.287 e. The molecule has 0 bridgehead atoms. The Morgan fingerprint density at radius 3 is 2.39 bits per heavy atom. The second-order valence-corrected chi connectivity index (χ2v) is 7.75. The van der Waals surface area contributed by atoms with Crippen LogP contribution in [0.5, 0.6) is 0 Å². The topological polar surface area (TPSA) is 17.8 Å². The molecule has 5 heteroatoms. The fourth-order valence-electron chi connectivity index (χ4n) is 2.31. The van der Waals surface area contributed by atoms with Crippen LogP contribution in [0, 0.1) is 0 Å². The fourth-order valence-corrected chi connectivity index (χ4v) is 3.46. The number of hydrogen-bond donors (Lipinski definition) is 0. The lowest BCUT2D eigenvalue weighted by atomic mass is 10.1. The van der Waals surface area contributed by atoms with Gasteiger partial charge in [-0.1, -0.05) is 73.1 Å². The third-order valence-electron chi connectivity index (χ3n) is 3.30. The summed E-state index contributed by atoms with van der Waals surface area (Å²) in [6.45, 7) is 4.32. The van der Waals surface area contributed by atoms with E-state index in [1.54, 1.807) is 11.8 Å². The van der Waals surface area contributed by atoms with Gasteiger partial charge >= 0.3 is 0 Å². The molecule has 0 radical (unpaired) electrons. The summed E-state index contributed by atoms with van der Waals surface area (Å²) in [6.07, 6.45) is 1.89. The molecule has 3 aromatic rings. The number of benzene rings is 2. The molecule has 2 aromatic carbocycles. The normalized spacial score (nSPS) is 11.2. The third kappa shape index (κ3) is 3.57. The second kappa shape index (κ2) is 7.00. The maximum atomic E-state index is 6.19. The molecule has 23 heavy (non-hydrogen) atoms. The van der Waals surface area contributed by atoms with E-state index in [0.29, 0.717) is 15.3 Å². The molecule has 0 aliphatic rings. The predicted molar refractivity (Wildman–Crippen MR) is 100 cm³/mol. The summed E-state index contributed by atoms with van der Waals surface area (Å²) in [5.41, 5.74) is 3.07. The van der Waals surface area contributed by atoms with E-state index in [1.165, 1.54) is 0 Å². The zero-order valence-electron chi connectivity index (χ0n) is 12.8. The minimum atomic E-state index is 0.446. The van der Waals surface area contributed by atoms with Crippen LogP contribution in [-0.4, -0.2) is 14.8 Å². The summed E-state index contributed by atoms with van der Waals surface area (Å²) in [5, 5.41) is 2.51. The van der Waals surface area contributed by atoms with Crippen molar-refractivity contribution in [2.75, 3.05) is 0 Å². The van der Waals surface area contributed by atoms with E-state index >= 15 is 0 Å². The molecule has 118 valence electrons. The molecule has 0 spiro atoms. The molecule has 0 unspecified atom stereocenters. The Bertz CT molecular complexity index is 813. The van der Waals surface area contributed by atoms with E-state index in [-0.39, 0.29) is 0 Å². The van der Waals surface area contributed by atoms with Gasteiger partial charge < -0.3 is 0 Å². The van der Waals surface area contributed by atoms with Crippen LogP contribution in [0.25, 0.3) is 16.9 Å². The van der Waals surface area contributed by atoms with Gasteiger partial charge in [-0.15, -0.1) is 0 Å². The lowest BCUT2D eigenvalue weighted by Gasteiger charge is -2.13. The van der Waals surface area contributed by atoms with Crippen LogP contribution in [0.3, 0.4) is 0 Å². The van der Waals surface area contributed by atoms with Crippen LogP contribution in [0.15, 0.2) is 59.9 Å². The van der Waals surface area contributed by atoms with Crippen LogP contribution < -0.4 is 0 Å². The van der Waals surface area contributed by atoms with Gasteiger partial charge in [0.2, 0.25) is 0 Å². The highest BCUT2D eigenvalue weighted by molar-refractivity contribution is 7.99. The van der Waals surface area contributed by atoms with E-state index in [0.717, 1.165) is 22.1 Å². The second-order valence-electron chi connectivity index (χ2n) is 5.39. The SMILES string of the molecule is CC(C)Sc1ncc(-c2ccc(Cl)c(Cl)c2)n1-c1ccccc1. The number of nitrogens with zero attached hydrogens (tertiary/aromatic N) is 2. The third-order valence-corrected chi connectivity index (χ3v) is 5.01. The molecular weight excluding hydrogens is 347 g/mol. The van der Waals surface area contributed by atoms with Crippen LogP contribution in [0.4, 0.5) is 0 Å². The van der Waals surface area contributed by atoms with Crippen molar-refractivity contribution in [2.45, 2.75) is 24.3 Å². The van der Waals surface area contributed by atoms with E-state index in [2.05, 4.69) is 35.5 Å². The lowest BCUT2D eigenvalue weighted by molar-refractivity contribution is 0.893. The Kier molecular flexibility index (Phi) is 5.00. The summed E-state index contributed by atoms with van der Waals surface area (Å²) in [4.78, 5) is 4.61. The molecule has 0 saturated carbocycles. The number of halogens is 2. The van der Waals surface area contributed by atoms with Crippen molar-refractivity contribution in [3.05, 3.63) is 64.8 Å². The fraction of sp³-hybridized carbons (Fsp3) is 0.167. The minimum absolute atomic E-state index is 0.446. The smallest absolute Gasteiger partial charge is 0.173 e. The van der Waals surface area contributed by atoms with Crippen molar-refractivity contribution in [3.63, 3.8) is 0 Å². The zero-order valence-corrected chi connectivity index (χ0v) is 15.2. The average Bonchev–Trinajstić information content (AvgIpc) is 2.93. The molecule has 0 amide bonds. The van der Waals surface area contributed by atoms with Gasteiger partial charge in [-0.25, -0.2) is 4.98 Å². The zero-order chi connectivity index (χ0) is 16.4. The molecule has 0 aliphatic heterocycles. The molecular formula is C18H16Cl2N2S. The summed E-state index contributed by atoms with van der Waals surface area (Å²) < 4.78 is 2.16. The molecule has 3 rings (SSSR count). The van der Waals surface area contributed by atoms with Gasteiger partial charge in [0.25, 0.3) is 0 Å². The standard InChI is InChI=1S/C18H16Cl2N2S/c1-12(2)23-18-21-11-17(13-8-9-15(19)16(20)10-13)22(18)14-6-4-3-5-7-14/h3-12H,1-2H3. The van der Waals surface area contributed by atoms with Crippen LogP contribution in [0.1, 0.15) is 13.8 Å². The molecule has 0 atom stereocenters. The quantitative estimate of drug-likeness (QED) is 0.503. The van der Waals surface area contributed by atoms with Gasteiger partial charge in [0, 0.05) is 16.5 Å². The van der Waals surface area contributed by atoms with E-state index < -0.39 is 0 Å². The average molecular weight is 363 g/mol. The van der Waals surface area contributed by atoms with Gasteiger partial charge in [0.15, 0.2) is 5.16 Å². The highest BCUT2D eigenvalue weighted by Gasteiger charge is 2.15. The monoisotopic (exact) mass is 362 g/mol. The predicted octanol–water partition coefficient (Wildman–Crippen LogP) is 6.35. The first-order chi connectivity index (χ1) is 11.1. The summed E-state index contributed by atoms with van der Waals surface area (Å²) in [5.74, 6) is 0. The summed E-state index contributed by atoms with van der Waals surface area (Å²) in [7, 11) is 0. The molecule has 2 nitrogen and oxygen atoms in total. The summed E-state index contributed by atoms with van der Waals surface area (Å²) >= 11 is 14.0. The summed E-state index contributed by atoms with van der Waals surface area (Å²) in [6, 6.07) is 15.9. The number of imidazole rings is 1. The Morgan fingerprint density at radius 1 is 1.00 bits per heavy atom. The molecule has 0 fully saturated rings. The highest BCUT2D eigenvalue weighted by atomic mass is 35.5. The first-order valence-corrected chi connectivity index (χ1v) is 8.95. The van der Waals surface area contributed by atoms with Crippen molar-refractivity contribution in [1.29, 1.82) is 0 Å². The number of para-hydroxylation sites is 1. The number of rotatable bonds is 4. The molecule has 0 N–H and O–H groups in total. The lowest BCUT2D eigenvalue weighted by Crippen LogP contribution is -2.00. The van der Waals surface area contributed by atoms with E-state index in [4.69, 9.17) is 23.2 Å². The minimum Gasteiger partial charge on any atom is -0.287 e. The van der Waals surface area contributed by atoms with Gasteiger partial charge in [-0.05, 0) is 24.3 Å². The number of thioether (sulfide) groups is 1.